The van der Waals surface area contributed by atoms with Gasteiger partial charge >= 0.3 is 5.97 Å². The van der Waals surface area contributed by atoms with Gasteiger partial charge in [0.05, 0.1) is 6.42 Å². The molecule has 0 aromatic carbocycles. The number of thiophene rings is 1. The minimum atomic E-state index is -3.69. The number of carbonyl (C=O) groups is 2. The number of hydrogen-bond acceptors (Lipinski definition) is 5. The van der Waals surface area contributed by atoms with Crippen molar-refractivity contribution in [3.05, 3.63) is 17.0 Å². The fourth-order valence-corrected chi connectivity index (χ4v) is 4.07. The number of sulfonamides is 1. The standard InChI is InChI=1S/C12H16N2O5S2/c15-10(14-8-1-2-8)5-6-13-21(18,19)12-4-3-9(20-12)7-11(16)17/h3-4,8,13H,1-2,5-7H2,(H,14,15)(H,16,17). The van der Waals surface area contributed by atoms with E-state index in [1.807, 2.05) is 0 Å². The van der Waals surface area contributed by atoms with Crippen LogP contribution in [0, 0.1) is 0 Å². The van der Waals surface area contributed by atoms with E-state index in [1.165, 1.54) is 12.1 Å². The molecule has 9 heteroatoms. The molecular formula is C12H16N2O5S2. The molecule has 1 aromatic rings. The largest absolute Gasteiger partial charge is 0.481 e. The molecule has 0 spiro atoms. The van der Waals surface area contributed by atoms with Gasteiger partial charge < -0.3 is 10.4 Å². The van der Waals surface area contributed by atoms with E-state index in [1.54, 1.807) is 0 Å². The third-order valence-corrected chi connectivity index (χ3v) is 5.85. The first-order valence-corrected chi connectivity index (χ1v) is 8.76. The molecule has 1 aromatic heterocycles. The number of hydrogen-bond donors (Lipinski definition) is 3. The summed E-state index contributed by atoms with van der Waals surface area (Å²) in [6.45, 7) is 0.0209. The van der Waals surface area contributed by atoms with E-state index >= 15 is 0 Å². The van der Waals surface area contributed by atoms with Gasteiger partial charge in [0.15, 0.2) is 0 Å². The highest BCUT2D eigenvalue weighted by atomic mass is 32.2. The molecule has 0 radical (unpaired) electrons. The van der Waals surface area contributed by atoms with Gasteiger partial charge in [-0.1, -0.05) is 0 Å². The Balaban J connectivity index is 1.84. The highest BCUT2D eigenvalue weighted by molar-refractivity contribution is 7.91. The van der Waals surface area contributed by atoms with Gasteiger partial charge in [0.1, 0.15) is 4.21 Å². The van der Waals surface area contributed by atoms with Crippen molar-refractivity contribution >= 4 is 33.2 Å². The lowest BCUT2D eigenvalue weighted by molar-refractivity contribution is -0.136. The Hall–Kier alpha value is -1.45. The average Bonchev–Trinajstić information content (AvgIpc) is 3.04. The van der Waals surface area contributed by atoms with Crippen LogP contribution in [0.4, 0.5) is 0 Å². The van der Waals surface area contributed by atoms with Crippen molar-refractivity contribution < 1.29 is 23.1 Å². The molecule has 7 nitrogen and oxygen atoms in total. The summed E-state index contributed by atoms with van der Waals surface area (Å²) in [5, 5.41) is 11.4. The summed E-state index contributed by atoms with van der Waals surface area (Å²) < 4.78 is 26.3. The van der Waals surface area contributed by atoms with E-state index in [0.29, 0.717) is 4.88 Å². The Bertz CT molecular complexity index is 634. The molecule has 3 N–H and O–H groups in total. The molecule has 116 valence electrons. The second-order valence-corrected chi connectivity index (χ2v) is 7.94. The highest BCUT2D eigenvalue weighted by Crippen LogP contribution is 2.22. The lowest BCUT2D eigenvalue weighted by Gasteiger charge is -2.05. The van der Waals surface area contributed by atoms with Crippen LogP contribution in [0.5, 0.6) is 0 Å². The van der Waals surface area contributed by atoms with E-state index in [4.69, 9.17) is 5.11 Å². The van der Waals surface area contributed by atoms with Crippen molar-refractivity contribution in [1.82, 2.24) is 10.0 Å². The average molecular weight is 332 g/mol. The summed E-state index contributed by atoms with van der Waals surface area (Å²) in [6, 6.07) is 3.10. The lowest BCUT2D eigenvalue weighted by Crippen LogP contribution is -2.31. The maximum absolute atomic E-state index is 12.0. The maximum atomic E-state index is 12.0. The molecule has 0 bridgehead atoms. The van der Waals surface area contributed by atoms with Crippen LogP contribution in [0.3, 0.4) is 0 Å². The van der Waals surface area contributed by atoms with Gasteiger partial charge in [-0.2, -0.15) is 0 Å². The van der Waals surface area contributed by atoms with Gasteiger partial charge in [0.25, 0.3) is 0 Å². The topological polar surface area (TPSA) is 113 Å². The summed E-state index contributed by atoms with van der Waals surface area (Å²) in [7, 11) is -3.69. The molecule has 1 saturated carbocycles. The molecule has 21 heavy (non-hydrogen) atoms. The summed E-state index contributed by atoms with van der Waals surface area (Å²) in [5.41, 5.74) is 0. The number of rotatable bonds is 8. The first kappa shape index (κ1) is 15.9. The number of carboxylic acids is 1. The molecule has 0 unspecified atom stereocenters. The fourth-order valence-electron chi connectivity index (χ4n) is 1.64. The Kier molecular flexibility index (Phi) is 4.96. The molecule has 1 fully saturated rings. The van der Waals surface area contributed by atoms with Crippen LogP contribution >= 0.6 is 11.3 Å². The van der Waals surface area contributed by atoms with E-state index in [0.717, 1.165) is 24.2 Å². The zero-order valence-electron chi connectivity index (χ0n) is 11.2. The second-order valence-electron chi connectivity index (χ2n) is 4.78. The maximum Gasteiger partial charge on any atom is 0.308 e. The molecule has 0 atom stereocenters. The lowest BCUT2D eigenvalue weighted by atomic mass is 10.3. The van der Waals surface area contributed by atoms with Crippen molar-refractivity contribution in [2.24, 2.45) is 0 Å². The first-order valence-electron chi connectivity index (χ1n) is 6.46. The number of aliphatic carboxylic acids is 1. The zero-order valence-corrected chi connectivity index (χ0v) is 12.8. The van der Waals surface area contributed by atoms with Crippen LogP contribution in [0.25, 0.3) is 0 Å². The predicted octanol–water partition coefficient (Wildman–Crippen LogP) is 0.322. The minimum Gasteiger partial charge on any atom is -0.481 e. The van der Waals surface area contributed by atoms with Crippen LogP contribution in [0.1, 0.15) is 24.1 Å². The van der Waals surface area contributed by atoms with Gasteiger partial charge in [0, 0.05) is 23.9 Å². The third kappa shape index (κ3) is 5.10. The van der Waals surface area contributed by atoms with Gasteiger partial charge in [-0.25, -0.2) is 13.1 Å². The van der Waals surface area contributed by atoms with Crippen LogP contribution in [-0.4, -0.2) is 38.0 Å². The highest BCUT2D eigenvalue weighted by Gasteiger charge is 2.23. The number of amides is 1. The Morgan fingerprint density at radius 2 is 2.05 bits per heavy atom. The van der Waals surface area contributed by atoms with Gasteiger partial charge in [0.2, 0.25) is 15.9 Å². The monoisotopic (exact) mass is 332 g/mol. The van der Waals surface area contributed by atoms with Crippen molar-refractivity contribution in [1.29, 1.82) is 0 Å². The summed E-state index contributed by atoms with van der Waals surface area (Å²) >= 11 is 0.916. The molecule has 1 amide bonds. The van der Waals surface area contributed by atoms with Crippen LogP contribution in [0.15, 0.2) is 16.3 Å². The van der Waals surface area contributed by atoms with Crippen LogP contribution in [-0.2, 0) is 26.0 Å². The van der Waals surface area contributed by atoms with E-state index in [9.17, 15) is 18.0 Å². The smallest absolute Gasteiger partial charge is 0.308 e. The summed E-state index contributed by atoms with van der Waals surface area (Å²) in [4.78, 5) is 22.5. The summed E-state index contributed by atoms with van der Waals surface area (Å²) in [6.07, 6.45) is 1.85. The molecule has 0 aliphatic heterocycles. The minimum absolute atomic E-state index is 0.0209. The fraction of sp³-hybridized carbons (Fsp3) is 0.500. The predicted molar refractivity (Wildman–Crippen MR) is 76.6 cm³/mol. The van der Waals surface area contributed by atoms with Gasteiger partial charge in [-0.15, -0.1) is 11.3 Å². The number of nitrogens with one attached hydrogen (secondary N) is 2. The molecule has 1 aliphatic carbocycles. The first-order chi connectivity index (χ1) is 9.87. The van der Waals surface area contributed by atoms with E-state index in [2.05, 4.69) is 10.0 Å². The molecule has 2 rings (SSSR count). The van der Waals surface area contributed by atoms with Crippen molar-refractivity contribution in [3.63, 3.8) is 0 Å². The molecule has 1 heterocycles. The SMILES string of the molecule is O=C(O)Cc1ccc(S(=O)(=O)NCCC(=O)NC2CC2)s1. The third-order valence-electron chi connectivity index (χ3n) is 2.81. The Morgan fingerprint density at radius 1 is 1.33 bits per heavy atom. The molecule has 0 saturated heterocycles. The summed E-state index contributed by atoms with van der Waals surface area (Å²) in [5.74, 6) is -1.18. The van der Waals surface area contributed by atoms with Crippen LogP contribution < -0.4 is 10.0 Å². The van der Waals surface area contributed by atoms with Crippen LogP contribution in [0.2, 0.25) is 0 Å². The number of carboxylic acid groups (broad SMARTS) is 1. The van der Waals surface area contributed by atoms with E-state index < -0.39 is 16.0 Å². The molecular weight excluding hydrogens is 316 g/mol. The van der Waals surface area contributed by atoms with Crippen molar-refractivity contribution in [2.75, 3.05) is 6.54 Å². The second kappa shape index (κ2) is 6.54. The van der Waals surface area contributed by atoms with E-state index in [-0.39, 0.29) is 35.5 Å². The normalized spacial score (nSPS) is 14.9. The molecule has 1 aliphatic rings. The van der Waals surface area contributed by atoms with Gasteiger partial charge in [-0.05, 0) is 25.0 Å². The quantitative estimate of drug-likeness (QED) is 0.635. The Labute approximate surface area is 126 Å². The zero-order chi connectivity index (χ0) is 15.5. The number of carbonyl (C=O) groups excluding carboxylic acids is 1. The Morgan fingerprint density at radius 3 is 2.67 bits per heavy atom. The van der Waals surface area contributed by atoms with Crippen molar-refractivity contribution in [2.45, 2.75) is 35.9 Å². The van der Waals surface area contributed by atoms with Crippen molar-refractivity contribution in [3.8, 4) is 0 Å². The van der Waals surface area contributed by atoms with Gasteiger partial charge in [-0.3, -0.25) is 9.59 Å².